The van der Waals surface area contributed by atoms with Gasteiger partial charge in [-0.2, -0.15) is 0 Å². The molecule has 2 heteroatoms. The Hall–Kier alpha value is -2.48. The zero-order chi connectivity index (χ0) is 15.0. The molecule has 0 bridgehead atoms. The molecule has 0 unspecified atom stereocenters. The van der Waals surface area contributed by atoms with E-state index in [-0.39, 0.29) is 5.78 Å². The maximum absolute atomic E-state index is 12.1. The first-order valence-corrected chi connectivity index (χ1v) is 7.05. The van der Waals surface area contributed by atoms with Crippen molar-refractivity contribution >= 4 is 16.7 Å². The van der Waals surface area contributed by atoms with Gasteiger partial charge in [-0.1, -0.05) is 42.5 Å². The zero-order valence-electron chi connectivity index (χ0n) is 12.5. The molecule has 3 rings (SSSR count). The molecular formula is C19H17NO. The minimum absolute atomic E-state index is 0.0568. The summed E-state index contributed by atoms with van der Waals surface area (Å²) in [5, 5.41) is 1.03. The van der Waals surface area contributed by atoms with Crippen molar-refractivity contribution in [3.63, 3.8) is 0 Å². The molecule has 0 aliphatic heterocycles. The second-order valence-electron chi connectivity index (χ2n) is 5.39. The minimum atomic E-state index is 0.0568. The molecule has 21 heavy (non-hydrogen) atoms. The molecule has 1 aromatic heterocycles. The van der Waals surface area contributed by atoms with E-state index >= 15 is 0 Å². The Bertz CT molecular complexity index is 835. The van der Waals surface area contributed by atoms with Crippen LogP contribution in [0.4, 0.5) is 0 Å². The lowest BCUT2D eigenvalue weighted by atomic mass is 9.92. The quantitative estimate of drug-likeness (QED) is 0.633. The number of rotatable bonds is 2. The van der Waals surface area contributed by atoms with Crippen molar-refractivity contribution in [2.75, 3.05) is 0 Å². The van der Waals surface area contributed by atoms with E-state index in [9.17, 15) is 4.79 Å². The van der Waals surface area contributed by atoms with Crippen molar-refractivity contribution in [2.24, 2.45) is 0 Å². The van der Waals surface area contributed by atoms with Crippen LogP contribution in [-0.4, -0.2) is 10.8 Å². The molecular weight excluding hydrogens is 258 g/mol. The van der Waals surface area contributed by atoms with Gasteiger partial charge in [0.2, 0.25) is 0 Å². The summed E-state index contributed by atoms with van der Waals surface area (Å²) < 4.78 is 0. The molecule has 0 fully saturated rings. The highest BCUT2D eigenvalue weighted by atomic mass is 16.1. The lowest BCUT2D eigenvalue weighted by Crippen LogP contribution is -2.03. The second kappa shape index (κ2) is 5.13. The average Bonchev–Trinajstić information content (AvgIpc) is 2.46. The van der Waals surface area contributed by atoms with Crippen LogP contribution in [-0.2, 0) is 0 Å². The second-order valence-corrected chi connectivity index (χ2v) is 5.39. The van der Waals surface area contributed by atoms with Crippen LogP contribution < -0.4 is 0 Å². The van der Waals surface area contributed by atoms with Gasteiger partial charge in [-0.25, -0.2) is 0 Å². The predicted octanol–water partition coefficient (Wildman–Crippen LogP) is 4.72. The highest BCUT2D eigenvalue weighted by molar-refractivity contribution is 6.09. The van der Waals surface area contributed by atoms with E-state index < -0.39 is 0 Å². The molecule has 0 amide bonds. The van der Waals surface area contributed by atoms with E-state index in [1.54, 1.807) is 6.92 Å². The van der Waals surface area contributed by atoms with Gasteiger partial charge in [0.25, 0.3) is 0 Å². The molecule has 3 aromatic rings. The van der Waals surface area contributed by atoms with Crippen molar-refractivity contribution in [1.29, 1.82) is 0 Å². The first-order valence-electron chi connectivity index (χ1n) is 7.05. The van der Waals surface area contributed by atoms with E-state index in [0.29, 0.717) is 0 Å². The van der Waals surface area contributed by atoms with Crippen molar-refractivity contribution in [3.05, 3.63) is 65.4 Å². The van der Waals surface area contributed by atoms with Gasteiger partial charge < -0.3 is 0 Å². The van der Waals surface area contributed by atoms with Gasteiger partial charge in [-0.15, -0.1) is 0 Å². The first-order chi connectivity index (χ1) is 10.1. The third-order valence-electron chi connectivity index (χ3n) is 3.74. The molecule has 0 radical (unpaired) electrons. The van der Waals surface area contributed by atoms with Crippen LogP contribution in [0.25, 0.3) is 22.0 Å². The van der Waals surface area contributed by atoms with Crippen LogP contribution in [0.2, 0.25) is 0 Å². The zero-order valence-corrected chi connectivity index (χ0v) is 12.5. The molecule has 1 heterocycles. The molecule has 0 atom stereocenters. The molecule has 0 spiro atoms. The summed E-state index contributed by atoms with van der Waals surface area (Å²) in [7, 11) is 0. The topological polar surface area (TPSA) is 30.0 Å². The van der Waals surface area contributed by atoms with Crippen LogP contribution in [0.1, 0.15) is 28.5 Å². The SMILES string of the molecule is CC(=O)c1c(C)nc2cc(C)ccc2c1-c1ccccc1. The molecule has 0 aliphatic carbocycles. The van der Waals surface area contributed by atoms with Gasteiger partial charge in [0.1, 0.15) is 0 Å². The van der Waals surface area contributed by atoms with Gasteiger partial charge >= 0.3 is 0 Å². The summed E-state index contributed by atoms with van der Waals surface area (Å²) in [4.78, 5) is 16.8. The third kappa shape index (κ3) is 2.33. The number of Topliss-reactive ketones (excluding diaryl/α,β-unsaturated/α-hetero) is 1. The van der Waals surface area contributed by atoms with Crippen LogP contribution >= 0.6 is 0 Å². The van der Waals surface area contributed by atoms with Crippen molar-refractivity contribution in [1.82, 2.24) is 4.98 Å². The van der Waals surface area contributed by atoms with Gasteiger partial charge in [0.15, 0.2) is 5.78 Å². The largest absolute Gasteiger partial charge is 0.294 e. The summed E-state index contributed by atoms with van der Waals surface area (Å²) in [6.07, 6.45) is 0. The van der Waals surface area contributed by atoms with Crippen LogP contribution in [0.5, 0.6) is 0 Å². The van der Waals surface area contributed by atoms with E-state index in [4.69, 9.17) is 0 Å². The number of pyridine rings is 1. The molecule has 104 valence electrons. The van der Waals surface area contributed by atoms with Crippen molar-refractivity contribution < 1.29 is 4.79 Å². The summed E-state index contributed by atoms with van der Waals surface area (Å²) in [6, 6.07) is 16.3. The fraction of sp³-hybridized carbons (Fsp3) is 0.158. The fourth-order valence-corrected chi connectivity index (χ4v) is 2.83. The van der Waals surface area contributed by atoms with Crippen LogP contribution in [0.3, 0.4) is 0 Å². The van der Waals surface area contributed by atoms with Gasteiger partial charge in [-0.3, -0.25) is 9.78 Å². The lowest BCUT2D eigenvalue weighted by molar-refractivity contribution is 0.101. The fourth-order valence-electron chi connectivity index (χ4n) is 2.83. The normalized spacial score (nSPS) is 10.8. The van der Waals surface area contributed by atoms with E-state index in [1.165, 1.54) is 5.56 Å². The lowest BCUT2D eigenvalue weighted by Gasteiger charge is -2.14. The van der Waals surface area contributed by atoms with E-state index in [1.807, 2.05) is 37.3 Å². The number of aromatic nitrogens is 1. The Labute approximate surface area is 124 Å². The summed E-state index contributed by atoms with van der Waals surface area (Å²) in [5.74, 6) is 0.0568. The standard InChI is InChI=1S/C19H17NO/c1-12-9-10-16-17(11-12)20-13(2)18(14(3)21)19(16)15-7-5-4-6-8-15/h4-11H,1-3H3. The highest BCUT2D eigenvalue weighted by Gasteiger charge is 2.17. The summed E-state index contributed by atoms with van der Waals surface area (Å²) in [5.41, 5.74) is 5.67. The average molecular weight is 275 g/mol. The number of nitrogens with zero attached hydrogens (tertiary/aromatic N) is 1. The highest BCUT2D eigenvalue weighted by Crippen LogP contribution is 2.33. The number of aryl methyl sites for hydroxylation is 2. The maximum atomic E-state index is 12.1. The number of hydrogen-bond donors (Lipinski definition) is 0. The van der Waals surface area contributed by atoms with E-state index in [0.717, 1.165) is 33.3 Å². The van der Waals surface area contributed by atoms with Crippen molar-refractivity contribution in [3.8, 4) is 11.1 Å². The first kappa shape index (κ1) is 13.5. The Morgan fingerprint density at radius 2 is 1.71 bits per heavy atom. The molecule has 2 aromatic carbocycles. The monoisotopic (exact) mass is 275 g/mol. The number of carbonyl (C=O) groups is 1. The third-order valence-corrected chi connectivity index (χ3v) is 3.74. The minimum Gasteiger partial charge on any atom is -0.294 e. The Kier molecular flexibility index (Phi) is 3.30. The summed E-state index contributed by atoms with van der Waals surface area (Å²) in [6.45, 7) is 5.57. The van der Waals surface area contributed by atoms with Crippen LogP contribution in [0.15, 0.2) is 48.5 Å². The number of carbonyl (C=O) groups excluding carboxylic acids is 1. The predicted molar refractivity (Wildman–Crippen MR) is 86.7 cm³/mol. The maximum Gasteiger partial charge on any atom is 0.162 e. The van der Waals surface area contributed by atoms with Gasteiger partial charge in [0, 0.05) is 22.2 Å². The molecule has 0 saturated carbocycles. The Morgan fingerprint density at radius 1 is 1.00 bits per heavy atom. The summed E-state index contributed by atoms with van der Waals surface area (Å²) >= 11 is 0. The van der Waals surface area contributed by atoms with Crippen LogP contribution in [0, 0.1) is 13.8 Å². The Morgan fingerprint density at radius 3 is 2.38 bits per heavy atom. The van der Waals surface area contributed by atoms with Gasteiger partial charge in [-0.05, 0) is 38.0 Å². The smallest absolute Gasteiger partial charge is 0.162 e. The number of hydrogen-bond acceptors (Lipinski definition) is 2. The number of fused-ring (bicyclic) bond motifs is 1. The number of ketones is 1. The molecule has 0 saturated heterocycles. The number of benzene rings is 2. The van der Waals surface area contributed by atoms with E-state index in [2.05, 4.69) is 30.1 Å². The van der Waals surface area contributed by atoms with Crippen molar-refractivity contribution in [2.45, 2.75) is 20.8 Å². The Balaban J connectivity index is 2.48. The van der Waals surface area contributed by atoms with Gasteiger partial charge in [0.05, 0.1) is 5.52 Å². The molecule has 0 N–H and O–H groups in total. The molecule has 0 aliphatic rings. The molecule has 2 nitrogen and oxygen atoms in total.